The number of alkyl halides is 3. The molecule has 1 aliphatic rings. The number of hydrogen-bond donors (Lipinski definition) is 1. The molecule has 1 saturated heterocycles. The van der Waals surface area contributed by atoms with Gasteiger partial charge in [-0.05, 0) is 72.7 Å². The molecule has 0 bridgehead atoms. The fourth-order valence-corrected chi connectivity index (χ4v) is 6.00. The highest BCUT2D eigenvalue weighted by Crippen LogP contribution is 2.30. The largest absolute Gasteiger partial charge is 0.573 e. The van der Waals surface area contributed by atoms with Crippen molar-refractivity contribution >= 4 is 28.6 Å². The average Bonchev–Trinajstić information content (AvgIpc) is 3.51. The molecule has 45 heavy (non-hydrogen) atoms. The summed E-state index contributed by atoms with van der Waals surface area (Å²) in [4.78, 5) is 23.9. The van der Waals surface area contributed by atoms with E-state index in [1.807, 2.05) is 31.2 Å². The minimum atomic E-state index is -4.75. The molecule has 2 heterocycles. The molecule has 1 aromatic heterocycles. The minimum absolute atomic E-state index is 0.0363. The van der Waals surface area contributed by atoms with Crippen molar-refractivity contribution in [1.29, 1.82) is 0 Å². The molecule has 1 aliphatic heterocycles. The van der Waals surface area contributed by atoms with E-state index >= 15 is 0 Å². The Kier molecular flexibility index (Phi) is 10.1. The monoisotopic (exact) mass is 636 g/mol. The van der Waals surface area contributed by atoms with E-state index in [0.29, 0.717) is 18.1 Å². The van der Waals surface area contributed by atoms with Gasteiger partial charge in [-0.2, -0.15) is 4.99 Å². The zero-order valence-electron chi connectivity index (χ0n) is 25.3. The molecule has 8 nitrogen and oxygen atoms in total. The van der Waals surface area contributed by atoms with Gasteiger partial charge in [0.2, 0.25) is 0 Å². The van der Waals surface area contributed by atoms with Gasteiger partial charge in [0, 0.05) is 30.1 Å². The number of aryl methyl sites for hydroxylation is 2. The topological polar surface area (TPSA) is 84.6 Å². The quantitative estimate of drug-likeness (QED) is 0.201. The molecule has 3 aromatic carbocycles. The summed E-state index contributed by atoms with van der Waals surface area (Å²) in [6.07, 6.45) is -0.200. The number of carbonyl (C=O) groups is 1. The molecule has 0 spiro atoms. The van der Waals surface area contributed by atoms with Crippen molar-refractivity contribution in [2.75, 3.05) is 23.7 Å². The highest BCUT2D eigenvalue weighted by Gasteiger charge is 2.31. The van der Waals surface area contributed by atoms with E-state index in [-0.39, 0.29) is 17.7 Å². The van der Waals surface area contributed by atoms with Crippen molar-refractivity contribution < 1.29 is 22.7 Å². The smallest absolute Gasteiger partial charge is 0.406 e. The number of amidine groups is 1. The van der Waals surface area contributed by atoms with Crippen LogP contribution in [0.3, 0.4) is 0 Å². The fourth-order valence-electron chi connectivity index (χ4n) is 5.05. The van der Waals surface area contributed by atoms with Crippen molar-refractivity contribution in [3.8, 4) is 22.8 Å². The summed E-state index contributed by atoms with van der Waals surface area (Å²) in [6.45, 7) is 7.54. The Morgan fingerprint density at radius 3 is 2.58 bits per heavy atom. The van der Waals surface area contributed by atoms with E-state index in [2.05, 4.69) is 62.1 Å². The van der Waals surface area contributed by atoms with E-state index in [1.54, 1.807) is 11.8 Å². The van der Waals surface area contributed by atoms with Crippen molar-refractivity contribution in [1.82, 2.24) is 20.1 Å². The molecule has 1 atom stereocenters. The Labute approximate surface area is 264 Å². The molecule has 0 radical (unpaired) electrons. The van der Waals surface area contributed by atoms with Crippen LogP contribution in [-0.2, 0) is 6.42 Å². The first-order chi connectivity index (χ1) is 21.6. The first-order valence-corrected chi connectivity index (χ1v) is 15.8. The van der Waals surface area contributed by atoms with Gasteiger partial charge in [0.15, 0.2) is 11.0 Å². The zero-order chi connectivity index (χ0) is 32.0. The van der Waals surface area contributed by atoms with Crippen LogP contribution in [-0.4, -0.2) is 51.2 Å². The van der Waals surface area contributed by atoms with Gasteiger partial charge in [0.1, 0.15) is 12.1 Å². The summed E-state index contributed by atoms with van der Waals surface area (Å²) in [5, 5.41) is 8.16. The van der Waals surface area contributed by atoms with Gasteiger partial charge in [-0.1, -0.05) is 68.4 Å². The molecular weight excluding hydrogens is 601 g/mol. The number of aromatic nitrogens is 3. The first kappa shape index (κ1) is 32.1. The maximum absolute atomic E-state index is 12.9. The molecule has 4 aromatic rings. The number of hydrogen-bond acceptors (Lipinski definition) is 5. The summed E-state index contributed by atoms with van der Waals surface area (Å²) in [6, 6.07) is 19.3. The summed E-state index contributed by atoms with van der Waals surface area (Å²) in [5.41, 5.74) is 5.95. The van der Waals surface area contributed by atoms with Crippen molar-refractivity contribution in [3.05, 3.63) is 89.7 Å². The highest BCUT2D eigenvalue weighted by atomic mass is 32.2. The third-order valence-electron chi connectivity index (χ3n) is 7.36. The minimum Gasteiger partial charge on any atom is -0.406 e. The van der Waals surface area contributed by atoms with Crippen LogP contribution in [0.2, 0.25) is 0 Å². The number of ether oxygens (including phenoxy) is 1. The van der Waals surface area contributed by atoms with E-state index in [0.717, 1.165) is 53.5 Å². The van der Waals surface area contributed by atoms with E-state index in [9.17, 15) is 18.0 Å². The zero-order valence-corrected chi connectivity index (χ0v) is 26.2. The third kappa shape index (κ3) is 8.44. The van der Waals surface area contributed by atoms with Crippen molar-refractivity contribution in [3.63, 3.8) is 0 Å². The molecule has 2 amide bonds. The summed E-state index contributed by atoms with van der Waals surface area (Å²) in [5.74, 6) is 1.13. The average molecular weight is 637 g/mol. The molecule has 1 unspecified atom stereocenters. The van der Waals surface area contributed by atoms with Crippen molar-refractivity contribution in [2.24, 2.45) is 4.99 Å². The van der Waals surface area contributed by atoms with Gasteiger partial charge in [0.05, 0.1) is 5.69 Å². The summed E-state index contributed by atoms with van der Waals surface area (Å²) >= 11 is 1.61. The molecule has 5 rings (SSSR count). The number of urea groups is 1. The number of benzene rings is 3. The second kappa shape index (κ2) is 14.2. The predicted octanol–water partition coefficient (Wildman–Crippen LogP) is 7.91. The van der Waals surface area contributed by atoms with Crippen LogP contribution >= 0.6 is 11.8 Å². The van der Waals surface area contributed by atoms with Crippen LogP contribution in [0.4, 0.5) is 23.7 Å². The lowest BCUT2D eigenvalue weighted by atomic mass is 10.00. The Morgan fingerprint density at radius 1 is 1.11 bits per heavy atom. The van der Waals surface area contributed by atoms with Crippen LogP contribution in [0.1, 0.15) is 49.3 Å². The number of nitrogens with zero attached hydrogens (tertiary/aromatic N) is 5. The number of anilines is 1. The van der Waals surface area contributed by atoms with E-state index < -0.39 is 6.36 Å². The molecule has 12 heteroatoms. The van der Waals surface area contributed by atoms with Crippen LogP contribution in [0, 0.1) is 6.92 Å². The molecule has 236 valence electrons. The Morgan fingerprint density at radius 2 is 1.87 bits per heavy atom. The van der Waals surface area contributed by atoms with E-state index in [4.69, 9.17) is 0 Å². The molecule has 0 saturated carbocycles. The van der Waals surface area contributed by atoms with E-state index in [1.165, 1.54) is 46.4 Å². The summed E-state index contributed by atoms with van der Waals surface area (Å²) in [7, 11) is 0. The normalized spacial score (nSPS) is 15.2. The number of halogens is 3. The second-order valence-corrected chi connectivity index (χ2v) is 12.0. The Hall–Kier alpha value is -4.32. The SMILES string of the molecule is CCCc1ccc(C)cc1N1CCCS/C1=N\C(=O)NCC(C)c1ccc(-c2ncn(-c3ccc(OC(F)(F)F)cc3)n2)cc1. The maximum atomic E-state index is 12.9. The highest BCUT2D eigenvalue weighted by molar-refractivity contribution is 8.14. The molecular formula is C33H35F3N6O2S. The lowest BCUT2D eigenvalue weighted by Crippen LogP contribution is -2.36. The molecule has 1 N–H and O–H groups in total. The number of rotatable bonds is 9. The lowest BCUT2D eigenvalue weighted by molar-refractivity contribution is -0.274. The molecule has 1 fully saturated rings. The van der Waals surface area contributed by atoms with Gasteiger partial charge in [-0.15, -0.1) is 18.3 Å². The van der Waals surface area contributed by atoms with Crippen molar-refractivity contribution in [2.45, 2.75) is 52.3 Å². The van der Waals surface area contributed by atoms with Gasteiger partial charge in [-0.3, -0.25) is 0 Å². The lowest BCUT2D eigenvalue weighted by Gasteiger charge is -2.31. The van der Waals surface area contributed by atoms with Gasteiger partial charge >= 0.3 is 12.4 Å². The summed E-state index contributed by atoms with van der Waals surface area (Å²) < 4.78 is 42.7. The Balaban J connectivity index is 1.19. The van der Waals surface area contributed by atoms with Crippen LogP contribution in [0.5, 0.6) is 5.75 Å². The third-order valence-corrected chi connectivity index (χ3v) is 8.42. The van der Waals surface area contributed by atoms with Crippen LogP contribution in [0.15, 0.2) is 78.0 Å². The fraction of sp³-hybridized carbons (Fsp3) is 0.333. The number of amides is 2. The Bertz CT molecular complexity index is 1640. The van der Waals surface area contributed by atoms with Gasteiger partial charge in [0.25, 0.3) is 0 Å². The van der Waals surface area contributed by atoms with Gasteiger partial charge < -0.3 is 15.0 Å². The number of nitrogens with one attached hydrogen (secondary N) is 1. The number of aliphatic imine (C=N–C) groups is 1. The second-order valence-electron chi connectivity index (χ2n) is 10.9. The number of thioether (sulfide) groups is 1. The maximum Gasteiger partial charge on any atom is 0.573 e. The van der Waals surface area contributed by atoms with Crippen LogP contribution in [0.25, 0.3) is 17.1 Å². The molecule has 0 aliphatic carbocycles. The number of carbonyl (C=O) groups excluding carboxylic acids is 1. The predicted molar refractivity (Wildman–Crippen MR) is 172 cm³/mol. The van der Waals surface area contributed by atoms with Crippen LogP contribution < -0.4 is 15.0 Å². The first-order valence-electron chi connectivity index (χ1n) is 14.8. The van der Waals surface area contributed by atoms with Gasteiger partial charge in [-0.25, -0.2) is 14.5 Å². The standard InChI is InChI=1S/C33H35F3N6O2S/c1-4-6-25-8-7-22(2)19-29(25)41-17-5-18-45-32(41)39-31(43)37-20-23(3)24-9-11-26(12-10-24)30-38-21-42(40-30)27-13-15-28(16-14-27)44-33(34,35)36/h7-16,19,21,23H,4-6,17-18,20H2,1-3H3,(H,37,43)/b39-32-.